The van der Waals surface area contributed by atoms with Gasteiger partial charge in [-0.25, -0.2) is 4.98 Å². The zero-order valence-corrected chi connectivity index (χ0v) is 10.2. The van der Waals surface area contributed by atoms with Gasteiger partial charge in [0.2, 0.25) is 11.8 Å². The summed E-state index contributed by atoms with van der Waals surface area (Å²) in [4.78, 5) is 18.5. The van der Waals surface area contributed by atoms with Crippen molar-refractivity contribution in [2.75, 3.05) is 12.4 Å². The Morgan fingerprint density at radius 3 is 2.89 bits per heavy atom. The van der Waals surface area contributed by atoms with Crippen LogP contribution < -0.4 is 10.1 Å². The standard InChI is InChI=1S/C12H12N4O3/c1-19-11-6-7-13-12(15-11)14-8-9-4-2-3-5-10(9)16(17)18/h2-7H,8H2,1H3,(H,13,14,15). The molecule has 0 aliphatic rings. The Morgan fingerprint density at radius 1 is 1.37 bits per heavy atom. The number of hydrogen-bond acceptors (Lipinski definition) is 6. The van der Waals surface area contributed by atoms with Crippen LogP contribution >= 0.6 is 0 Å². The van der Waals surface area contributed by atoms with Crippen molar-refractivity contribution in [3.05, 3.63) is 52.2 Å². The van der Waals surface area contributed by atoms with Crippen LogP contribution in [0.2, 0.25) is 0 Å². The summed E-state index contributed by atoms with van der Waals surface area (Å²) < 4.78 is 4.97. The molecule has 0 saturated heterocycles. The molecule has 0 spiro atoms. The van der Waals surface area contributed by atoms with Gasteiger partial charge in [0.05, 0.1) is 12.0 Å². The second kappa shape index (κ2) is 5.76. The number of aromatic nitrogens is 2. The second-order valence-corrected chi connectivity index (χ2v) is 3.66. The molecule has 7 nitrogen and oxygen atoms in total. The number of nitrogens with zero attached hydrogens (tertiary/aromatic N) is 3. The van der Waals surface area contributed by atoms with Crippen molar-refractivity contribution in [3.8, 4) is 5.88 Å². The van der Waals surface area contributed by atoms with E-state index >= 15 is 0 Å². The number of benzene rings is 1. The Morgan fingerprint density at radius 2 is 2.16 bits per heavy atom. The fourth-order valence-electron chi connectivity index (χ4n) is 1.55. The number of nitro groups is 1. The third-order valence-corrected chi connectivity index (χ3v) is 2.46. The molecule has 98 valence electrons. The molecule has 0 unspecified atom stereocenters. The summed E-state index contributed by atoms with van der Waals surface area (Å²) in [6.07, 6.45) is 1.55. The van der Waals surface area contributed by atoms with E-state index in [0.717, 1.165) is 0 Å². The van der Waals surface area contributed by atoms with Crippen LogP contribution in [0.5, 0.6) is 5.88 Å². The molecule has 0 fully saturated rings. The van der Waals surface area contributed by atoms with Gasteiger partial charge in [-0.15, -0.1) is 0 Å². The number of nitrogens with one attached hydrogen (secondary N) is 1. The first kappa shape index (κ1) is 12.7. The molecule has 0 aliphatic carbocycles. The highest BCUT2D eigenvalue weighted by Gasteiger charge is 2.12. The van der Waals surface area contributed by atoms with E-state index in [0.29, 0.717) is 17.4 Å². The average Bonchev–Trinajstić information content (AvgIpc) is 2.45. The quantitative estimate of drug-likeness (QED) is 0.653. The minimum Gasteiger partial charge on any atom is -0.481 e. The molecule has 0 saturated carbocycles. The molecule has 0 aliphatic heterocycles. The summed E-state index contributed by atoms with van der Waals surface area (Å²) in [5.41, 5.74) is 0.636. The fraction of sp³-hybridized carbons (Fsp3) is 0.167. The maximum Gasteiger partial charge on any atom is 0.274 e. The molecule has 0 radical (unpaired) electrons. The molecular formula is C12H12N4O3. The predicted octanol–water partition coefficient (Wildman–Crippen LogP) is 2.01. The van der Waals surface area contributed by atoms with Crippen molar-refractivity contribution in [1.29, 1.82) is 0 Å². The molecule has 2 aromatic rings. The molecule has 1 N–H and O–H groups in total. The van der Waals surface area contributed by atoms with Gasteiger partial charge in [-0.1, -0.05) is 18.2 Å². The molecule has 1 aromatic heterocycles. The van der Waals surface area contributed by atoms with Crippen molar-refractivity contribution in [2.45, 2.75) is 6.54 Å². The zero-order valence-electron chi connectivity index (χ0n) is 10.2. The van der Waals surface area contributed by atoms with Crippen LogP contribution in [0, 0.1) is 10.1 Å². The Bertz CT molecular complexity index is 589. The van der Waals surface area contributed by atoms with Gasteiger partial charge in [0, 0.05) is 30.4 Å². The van der Waals surface area contributed by atoms with Crippen LogP contribution in [0.15, 0.2) is 36.5 Å². The number of rotatable bonds is 5. The van der Waals surface area contributed by atoms with E-state index in [1.54, 1.807) is 30.5 Å². The van der Waals surface area contributed by atoms with E-state index in [4.69, 9.17) is 4.74 Å². The number of para-hydroxylation sites is 1. The zero-order chi connectivity index (χ0) is 13.7. The largest absolute Gasteiger partial charge is 0.481 e. The molecule has 0 bridgehead atoms. The Hall–Kier alpha value is -2.70. The van der Waals surface area contributed by atoms with Crippen LogP contribution in [-0.2, 0) is 6.54 Å². The first-order valence-electron chi connectivity index (χ1n) is 5.54. The van der Waals surface area contributed by atoms with Gasteiger partial charge < -0.3 is 10.1 Å². The molecule has 1 aromatic carbocycles. The number of ether oxygens (including phenoxy) is 1. The highest BCUT2D eigenvalue weighted by molar-refractivity contribution is 5.42. The van der Waals surface area contributed by atoms with Gasteiger partial charge >= 0.3 is 0 Å². The summed E-state index contributed by atoms with van der Waals surface area (Å²) in [6, 6.07) is 8.14. The second-order valence-electron chi connectivity index (χ2n) is 3.66. The molecule has 19 heavy (non-hydrogen) atoms. The van der Waals surface area contributed by atoms with Crippen molar-refractivity contribution >= 4 is 11.6 Å². The summed E-state index contributed by atoms with van der Waals surface area (Å²) in [5.74, 6) is 0.789. The van der Waals surface area contributed by atoms with Crippen LogP contribution in [0.4, 0.5) is 11.6 Å². The van der Waals surface area contributed by atoms with Gasteiger partial charge in [-0.2, -0.15) is 4.98 Å². The van der Waals surface area contributed by atoms with E-state index in [1.165, 1.54) is 13.2 Å². The lowest BCUT2D eigenvalue weighted by Crippen LogP contribution is -2.06. The average molecular weight is 260 g/mol. The van der Waals surface area contributed by atoms with Crippen LogP contribution in [-0.4, -0.2) is 22.0 Å². The monoisotopic (exact) mass is 260 g/mol. The lowest BCUT2D eigenvalue weighted by atomic mass is 10.2. The maximum atomic E-state index is 10.9. The summed E-state index contributed by atoms with van der Waals surface area (Å²) in [6.45, 7) is 0.268. The molecular weight excluding hydrogens is 248 g/mol. The predicted molar refractivity (Wildman–Crippen MR) is 69.0 cm³/mol. The fourth-order valence-corrected chi connectivity index (χ4v) is 1.55. The van der Waals surface area contributed by atoms with E-state index in [9.17, 15) is 10.1 Å². The number of anilines is 1. The van der Waals surface area contributed by atoms with Crippen LogP contribution in [0.25, 0.3) is 0 Å². The topological polar surface area (TPSA) is 90.2 Å². The van der Waals surface area contributed by atoms with E-state index in [-0.39, 0.29) is 12.2 Å². The van der Waals surface area contributed by atoms with Crippen LogP contribution in [0.3, 0.4) is 0 Å². The first-order chi connectivity index (χ1) is 9.20. The summed E-state index contributed by atoms with van der Waals surface area (Å²) in [7, 11) is 1.51. The Balaban J connectivity index is 2.12. The number of nitro benzene ring substituents is 1. The van der Waals surface area contributed by atoms with E-state index < -0.39 is 4.92 Å². The third kappa shape index (κ3) is 3.15. The van der Waals surface area contributed by atoms with Gasteiger partial charge in [-0.05, 0) is 0 Å². The van der Waals surface area contributed by atoms with Crippen molar-refractivity contribution in [3.63, 3.8) is 0 Å². The smallest absolute Gasteiger partial charge is 0.274 e. The van der Waals surface area contributed by atoms with Crippen molar-refractivity contribution < 1.29 is 9.66 Å². The van der Waals surface area contributed by atoms with Crippen molar-refractivity contribution in [1.82, 2.24) is 9.97 Å². The molecule has 1 heterocycles. The molecule has 0 atom stereocenters. The SMILES string of the molecule is COc1ccnc(NCc2ccccc2[N+](=O)[O-])n1. The summed E-state index contributed by atoms with van der Waals surface area (Å²) in [5, 5.41) is 13.8. The molecule has 2 rings (SSSR count). The highest BCUT2D eigenvalue weighted by Crippen LogP contribution is 2.18. The van der Waals surface area contributed by atoms with Gasteiger partial charge in [0.1, 0.15) is 0 Å². The first-order valence-corrected chi connectivity index (χ1v) is 5.54. The summed E-state index contributed by atoms with van der Waals surface area (Å²) >= 11 is 0. The van der Waals surface area contributed by atoms with Crippen LogP contribution in [0.1, 0.15) is 5.56 Å². The minimum absolute atomic E-state index is 0.0675. The van der Waals surface area contributed by atoms with E-state index in [1.807, 2.05) is 0 Å². The Labute approximate surface area is 109 Å². The third-order valence-electron chi connectivity index (χ3n) is 2.46. The van der Waals surface area contributed by atoms with Gasteiger partial charge in [0.25, 0.3) is 5.69 Å². The maximum absolute atomic E-state index is 10.9. The minimum atomic E-state index is -0.413. The lowest BCUT2D eigenvalue weighted by Gasteiger charge is -2.06. The lowest BCUT2D eigenvalue weighted by molar-refractivity contribution is -0.385. The number of methoxy groups -OCH3 is 1. The number of hydrogen-bond donors (Lipinski definition) is 1. The molecule has 7 heteroatoms. The van der Waals surface area contributed by atoms with E-state index in [2.05, 4.69) is 15.3 Å². The normalized spacial score (nSPS) is 9.95. The Kier molecular flexibility index (Phi) is 3.87. The van der Waals surface area contributed by atoms with Gasteiger partial charge in [-0.3, -0.25) is 10.1 Å². The highest BCUT2D eigenvalue weighted by atomic mass is 16.6. The van der Waals surface area contributed by atoms with Gasteiger partial charge in [0.15, 0.2) is 0 Å². The molecule has 0 amide bonds. The van der Waals surface area contributed by atoms with Crippen molar-refractivity contribution in [2.24, 2.45) is 0 Å².